The molecule has 2 rings (SSSR count). The van der Waals surface area contributed by atoms with Crippen LogP contribution in [0.5, 0.6) is 5.75 Å². The van der Waals surface area contributed by atoms with E-state index < -0.39 is 11.2 Å². The molecule has 2 N–H and O–H groups in total. The largest absolute Gasteiger partial charge is 0.478 e. The van der Waals surface area contributed by atoms with E-state index in [0.717, 1.165) is 0 Å². The molecule has 1 saturated heterocycles. The van der Waals surface area contributed by atoms with E-state index >= 15 is 0 Å². The lowest BCUT2D eigenvalue weighted by Crippen LogP contribution is -2.51. The van der Waals surface area contributed by atoms with Gasteiger partial charge in [-0.05, 0) is 38.1 Å². The van der Waals surface area contributed by atoms with Crippen molar-refractivity contribution in [2.45, 2.75) is 31.5 Å². The second-order valence-corrected chi connectivity index (χ2v) is 6.21. The van der Waals surface area contributed by atoms with E-state index in [9.17, 15) is 9.90 Å². The molecule has 116 valence electrons. The zero-order valence-corrected chi connectivity index (χ0v) is 12.9. The molecule has 0 spiro atoms. The maximum atomic E-state index is 12.2. The highest BCUT2D eigenvalue weighted by atomic mass is 35.5. The van der Waals surface area contributed by atoms with Crippen LogP contribution in [0.25, 0.3) is 0 Å². The number of ether oxygens (including phenoxy) is 2. The van der Waals surface area contributed by atoms with Crippen molar-refractivity contribution in [2.75, 3.05) is 19.8 Å². The maximum absolute atomic E-state index is 12.2. The van der Waals surface area contributed by atoms with Crippen LogP contribution in [0, 0.1) is 0 Å². The van der Waals surface area contributed by atoms with Gasteiger partial charge in [-0.15, -0.1) is 0 Å². The first-order valence-corrected chi connectivity index (χ1v) is 7.22. The minimum absolute atomic E-state index is 0.152. The van der Waals surface area contributed by atoms with Crippen molar-refractivity contribution in [3.05, 3.63) is 29.3 Å². The third-order valence-corrected chi connectivity index (χ3v) is 3.65. The van der Waals surface area contributed by atoms with Crippen LogP contribution in [0.15, 0.2) is 24.3 Å². The molecule has 0 aliphatic carbocycles. The Balaban J connectivity index is 1.91. The second-order valence-electron chi connectivity index (χ2n) is 5.78. The van der Waals surface area contributed by atoms with E-state index in [2.05, 4.69) is 5.32 Å². The average Bonchev–Trinajstić information content (AvgIpc) is 2.86. The Hall–Kier alpha value is -1.30. The highest BCUT2D eigenvalue weighted by molar-refractivity contribution is 6.30. The average molecular weight is 314 g/mol. The first kappa shape index (κ1) is 16.1. The van der Waals surface area contributed by atoms with Gasteiger partial charge in [-0.25, -0.2) is 0 Å². The molecule has 0 saturated carbocycles. The molecule has 1 aliphatic rings. The molecule has 0 unspecified atom stereocenters. The quantitative estimate of drug-likeness (QED) is 0.869. The first-order valence-electron chi connectivity index (χ1n) is 6.84. The molecule has 1 aliphatic heterocycles. The number of rotatable bonds is 5. The molecule has 1 heterocycles. The number of carbonyl (C=O) groups is 1. The number of hydrogen-bond donors (Lipinski definition) is 2. The van der Waals surface area contributed by atoms with Crippen molar-refractivity contribution < 1.29 is 19.4 Å². The summed E-state index contributed by atoms with van der Waals surface area (Å²) in [5.41, 5.74) is -2.03. The number of nitrogens with one attached hydrogen (secondary N) is 1. The smallest absolute Gasteiger partial charge is 0.263 e. The fourth-order valence-electron chi connectivity index (χ4n) is 2.04. The number of aliphatic hydroxyl groups is 1. The lowest BCUT2D eigenvalue weighted by Gasteiger charge is -2.28. The number of carbonyl (C=O) groups excluding carboxylic acids is 1. The molecule has 1 atom stereocenters. The molecule has 5 nitrogen and oxygen atoms in total. The van der Waals surface area contributed by atoms with Crippen molar-refractivity contribution in [1.29, 1.82) is 0 Å². The van der Waals surface area contributed by atoms with E-state index in [4.69, 9.17) is 21.1 Å². The van der Waals surface area contributed by atoms with Crippen LogP contribution in [0.4, 0.5) is 0 Å². The summed E-state index contributed by atoms with van der Waals surface area (Å²) in [7, 11) is 0. The van der Waals surface area contributed by atoms with Crippen molar-refractivity contribution in [1.82, 2.24) is 5.32 Å². The standard InChI is InChI=1S/C15H20ClNO4/c1-14(2,21-12-5-3-11(16)4-6-12)13(18)17-9-15(19)7-8-20-10-15/h3-6,19H,7-10H2,1-2H3,(H,17,18)/t15-/m1/s1. The van der Waals surface area contributed by atoms with Crippen LogP contribution >= 0.6 is 11.6 Å². The van der Waals surface area contributed by atoms with Gasteiger partial charge in [0.2, 0.25) is 0 Å². The van der Waals surface area contributed by atoms with Crippen LogP contribution in [-0.4, -0.2) is 42.0 Å². The van der Waals surface area contributed by atoms with Gasteiger partial charge < -0.3 is 19.9 Å². The lowest BCUT2D eigenvalue weighted by atomic mass is 10.0. The van der Waals surface area contributed by atoms with Gasteiger partial charge in [0.15, 0.2) is 5.60 Å². The van der Waals surface area contributed by atoms with E-state index in [-0.39, 0.29) is 19.1 Å². The molecule has 0 aromatic heterocycles. The molecular weight excluding hydrogens is 294 g/mol. The Morgan fingerprint density at radius 3 is 2.71 bits per heavy atom. The molecule has 6 heteroatoms. The minimum atomic E-state index is -1.05. The van der Waals surface area contributed by atoms with Crippen molar-refractivity contribution in [3.8, 4) is 5.75 Å². The summed E-state index contributed by atoms with van der Waals surface area (Å²) in [5.74, 6) is 0.264. The second kappa shape index (κ2) is 6.22. The van der Waals surface area contributed by atoms with Crippen LogP contribution in [-0.2, 0) is 9.53 Å². The fourth-order valence-corrected chi connectivity index (χ4v) is 2.16. The van der Waals surface area contributed by atoms with Crippen molar-refractivity contribution in [2.24, 2.45) is 0 Å². The summed E-state index contributed by atoms with van der Waals surface area (Å²) in [4.78, 5) is 12.2. The van der Waals surface area contributed by atoms with E-state index in [1.54, 1.807) is 38.1 Å². The van der Waals surface area contributed by atoms with Crippen LogP contribution in [0.1, 0.15) is 20.3 Å². The lowest BCUT2D eigenvalue weighted by molar-refractivity contribution is -0.135. The van der Waals surface area contributed by atoms with Crippen LogP contribution in [0.2, 0.25) is 5.02 Å². The summed E-state index contributed by atoms with van der Waals surface area (Å²) in [6.07, 6.45) is 0.520. The van der Waals surface area contributed by atoms with E-state index in [1.165, 1.54) is 0 Å². The molecule has 1 fully saturated rings. The Bertz CT molecular complexity index is 495. The van der Waals surface area contributed by atoms with Gasteiger partial charge in [0.1, 0.15) is 11.4 Å². The third-order valence-electron chi connectivity index (χ3n) is 3.39. The molecule has 21 heavy (non-hydrogen) atoms. The predicted octanol–water partition coefficient (Wildman–Crippen LogP) is 1.76. The fraction of sp³-hybridized carbons (Fsp3) is 0.533. The number of hydrogen-bond acceptors (Lipinski definition) is 4. The number of benzene rings is 1. The van der Waals surface area contributed by atoms with Gasteiger partial charge in [0.05, 0.1) is 6.61 Å². The highest BCUT2D eigenvalue weighted by Gasteiger charge is 2.36. The predicted molar refractivity (Wildman–Crippen MR) is 79.6 cm³/mol. The zero-order valence-electron chi connectivity index (χ0n) is 12.2. The van der Waals surface area contributed by atoms with Gasteiger partial charge in [-0.2, -0.15) is 0 Å². The zero-order chi connectivity index (χ0) is 15.5. The summed E-state index contributed by atoms with van der Waals surface area (Å²) < 4.78 is 10.8. The highest BCUT2D eigenvalue weighted by Crippen LogP contribution is 2.22. The molecule has 1 aromatic rings. The monoisotopic (exact) mass is 313 g/mol. The molecular formula is C15H20ClNO4. The number of amides is 1. The van der Waals surface area contributed by atoms with E-state index in [0.29, 0.717) is 23.8 Å². The summed E-state index contributed by atoms with van der Waals surface area (Å²) in [6, 6.07) is 6.80. The normalized spacial score (nSPS) is 22.1. The van der Waals surface area contributed by atoms with Crippen molar-refractivity contribution >= 4 is 17.5 Å². The topological polar surface area (TPSA) is 67.8 Å². The van der Waals surface area contributed by atoms with E-state index in [1.807, 2.05) is 0 Å². The van der Waals surface area contributed by atoms with Crippen molar-refractivity contribution in [3.63, 3.8) is 0 Å². The number of halogens is 1. The summed E-state index contributed by atoms with van der Waals surface area (Å²) >= 11 is 5.81. The SMILES string of the molecule is CC(C)(Oc1ccc(Cl)cc1)C(=O)NC[C@]1(O)CCOC1. The minimum Gasteiger partial charge on any atom is -0.478 e. The van der Waals surface area contributed by atoms with Crippen LogP contribution in [0.3, 0.4) is 0 Å². The van der Waals surface area contributed by atoms with Gasteiger partial charge in [-0.3, -0.25) is 4.79 Å². The Kier molecular flexibility index (Phi) is 4.76. The Labute approximate surface area is 129 Å². The molecule has 1 aromatic carbocycles. The first-order chi connectivity index (χ1) is 9.81. The molecule has 0 radical (unpaired) electrons. The third kappa shape index (κ3) is 4.33. The van der Waals surface area contributed by atoms with Gasteiger partial charge >= 0.3 is 0 Å². The summed E-state index contributed by atoms with van der Waals surface area (Å²) in [6.45, 7) is 4.25. The van der Waals surface area contributed by atoms with Crippen LogP contribution < -0.4 is 10.1 Å². The molecule has 1 amide bonds. The maximum Gasteiger partial charge on any atom is 0.263 e. The summed E-state index contributed by atoms with van der Waals surface area (Å²) in [5, 5.41) is 13.5. The Morgan fingerprint density at radius 2 is 2.14 bits per heavy atom. The van der Waals surface area contributed by atoms with Gasteiger partial charge in [0, 0.05) is 24.6 Å². The molecule has 0 bridgehead atoms. The Morgan fingerprint density at radius 1 is 1.48 bits per heavy atom. The van der Waals surface area contributed by atoms with Gasteiger partial charge in [0.25, 0.3) is 5.91 Å². The van der Waals surface area contributed by atoms with Gasteiger partial charge in [-0.1, -0.05) is 11.6 Å².